The maximum atomic E-state index is 12.6. The molecule has 156 valence electrons. The first-order valence-corrected chi connectivity index (χ1v) is 9.64. The van der Waals surface area contributed by atoms with E-state index in [1.54, 1.807) is 45.2 Å². The summed E-state index contributed by atoms with van der Waals surface area (Å²) in [6, 6.07) is 11.0. The summed E-state index contributed by atoms with van der Waals surface area (Å²) in [6.07, 6.45) is 0. The number of carbonyl (C=O) groups is 1. The van der Waals surface area contributed by atoms with Crippen LogP contribution < -0.4 is 19.8 Å². The maximum absolute atomic E-state index is 12.6. The average molecular weight is 430 g/mol. The standard InChI is InChI=1S/C19H18N4O6S/c1-11-10-14(23(26)27)6-9-16(11)20-17(24)12(2)30-18-19(25)29-21-22(18)13-4-7-15(28-3)8-5-13/h4-10,12H,1-3H3,(H-,20,21,24,25). The lowest BCUT2D eigenvalue weighted by atomic mass is 10.2. The Morgan fingerprint density at radius 1 is 1.30 bits per heavy atom. The van der Waals surface area contributed by atoms with Crippen LogP contribution in [0.5, 0.6) is 11.7 Å². The summed E-state index contributed by atoms with van der Waals surface area (Å²) in [5.41, 5.74) is 1.52. The number of hydrogen-bond donors (Lipinski definition) is 1. The SMILES string of the molecule is COc1ccc(-[n+]2noc([O-])c2SC(C)C(=O)Nc2ccc([N+](=O)[O-])cc2C)cc1. The zero-order chi connectivity index (χ0) is 21.8. The third kappa shape index (κ3) is 4.51. The largest absolute Gasteiger partial charge is 0.538 e. The number of nitrogens with zero attached hydrogens (tertiary/aromatic N) is 3. The zero-order valence-corrected chi connectivity index (χ0v) is 17.1. The first-order chi connectivity index (χ1) is 14.3. The van der Waals surface area contributed by atoms with Crippen molar-refractivity contribution < 1.29 is 28.8 Å². The molecule has 0 aliphatic heterocycles. The van der Waals surface area contributed by atoms with Crippen LogP contribution in [0, 0.1) is 17.0 Å². The lowest BCUT2D eigenvalue weighted by Crippen LogP contribution is -2.36. The van der Waals surface area contributed by atoms with Gasteiger partial charge in [-0.3, -0.25) is 14.9 Å². The van der Waals surface area contributed by atoms with Crippen LogP contribution in [-0.2, 0) is 4.79 Å². The minimum absolute atomic E-state index is 0.0612. The third-order valence-corrected chi connectivity index (χ3v) is 5.36. The van der Waals surface area contributed by atoms with Crippen molar-refractivity contribution in [1.29, 1.82) is 0 Å². The van der Waals surface area contributed by atoms with Gasteiger partial charge in [-0.1, -0.05) is 0 Å². The van der Waals surface area contributed by atoms with Crippen LogP contribution in [0.1, 0.15) is 12.5 Å². The zero-order valence-electron chi connectivity index (χ0n) is 16.3. The van der Waals surface area contributed by atoms with Gasteiger partial charge in [-0.25, -0.2) is 0 Å². The molecular weight excluding hydrogens is 412 g/mol. The minimum atomic E-state index is -0.670. The molecule has 11 heteroatoms. The second-order valence-electron chi connectivity index (χ2n) is 6.28. The second-order valence-corrected chi connectivity index (χ2v) is 7.61. The van der Waals surface area contributed by atoms with Gasteiger partial charge in [0, 0.05) is 30.0 Å². The van der Waals surface area contributed by atoms with Crippen LogP contribution in [0.3, 0.4) is 0 Å². The molecule has 0 radical (unpaired) electrons. The summed E-state index contributed by atoms with van der Waals surface area (Å²) >= 11 is 0.992. The van der Waals surface area contributed by atoms with E-state index in [-0.39, 0.29) is 16.6 Å². The van der Waals surface area contributed by atoms with Crippen molar-refractivity contribution in [2.75, 3.05) is 12.4 Å². The van der Waals surface area contributed by atoms with E-state index in [2.05, 4.69) is 10.6 Å². The highest BCUT2D eigenvalue weighted by atomic mass is 32.2. The van der Waals surface area contributed by atoms with Gasteiger partial charge in [0.15, 0.2) is 5.95 Å². The molecule has 1 N–H and O–H groups in total. The topological polar surface area (TPSA) is 134 Å². The van der Waals surface area contributed by atoms with E-state index in [1.165, 1.54) is 22.9 Å². The van der Waals surface area contributed by atoms with E-state index in [4.69, 9.17) is 9.26 Å². The first kappa shape index (κ1) is 21.1. The Bertz CT molecular complexity index is 1080. The minimum Gasteiger partial charge on any atom is -0.538 e. The number of anilines is 1. The fraction of sp³-hybridized carbons (Fsp3) is 0.211. The lowest BCUT2D eigenvalue weighted by Gasteiger charge is -2.12. The van der Waals surface area contributed by atoms with E-state index >= 15 is 0 Å². The van der Waals surface area contributed by atoms with Gasteiger partial charge in [0.25, 0.3) is 10.7 Å². The molecule has 10 nitrogen and oxygen atoms in total. The Hall–Kier alpha value is -3.60. The summed E-state index contributed by atoms with van der Waals surface area (Å²) in [5, 5.41) is 28.9. The number of rotatable bonds is 7. The van der Waals surface area contributed by atoms with Crippen molar-refractivity contribution in [3.8, 4) is 17.4 Å². The molecule has 2 aromatic carbocycles. The Morgan fingerprint density at radius 3 is 2.60 bits per heavy atom. The average Bonchev–Trinajstić information content (AvgIpc) is 3.09. The molecule has 1 unspecified atom stereocenters. The number of nitro groups is 1. The predicted octanol–water partition coefficient (Wildman–Crippen LogP) is 2.37. The van der Waals surface area contributed by atoms with Crippen molar-refractivity contribution in [2.24, 2.45) is 0 Å². The molecule has 0 fully saturated rings. The van der Waals surface area contributed by atoms with Crippen LogP contribution in [0.2, 0.25) is 0 Å². The molecule has 1 amide bonds. The summed E-state index contributed by atoms with van der Waals surface area (Å²) in [6.45, 7) is 3.29. The van der Waals surface area contributed by atoms with Crippen LogP contribution in [-0.4, -0.2) is 28.5 Å². The second kappa shape index (κ2) is 8.82. The van der Waals surface area contributed by atoms with Crippen molar-refractivity contribution in [1.82, 2.24) is 5.27 Å². The van der Waals surface area contributed by atoms with Gasteiger partial charge >= 0.3 is 0 Å². The number of nitro benzene ring substituents is 1. The van der Waals surface area contributed by atoms with E-state index in [0.29, 0.717) is 22.7 Å². The Balaban J connectivity index is 1.76. The van der Waals surface area contributed by atoms with E-state index in [0.717, 1.165) is 11.8 Å². The van der Waals surface area contributed by atoms with Crippen molar-refractivity contribution in [3.63, 3.8) is 0 Å². The number of aryl methyl sites for hydroxylation is 1. The number of hydrogen-bond acceptors (Lipinski definition) is 8. The molecule has 1 atom stereocenters. The van der Waals surface area contributed by atoms with Gasteiger partial charge in [-0.2, -0.15) is 0 Å². The fourth-order valence-corrected chi connectivity index (χ4v) is 3.46. The summed E-state index contributed by atoms with van der Waals surface area (Å²) in [4.78, 5) is 23.0. The normalized spacial score (nSPS) is 11.7. The predicted molar refractivity (Wildman–Crippen MR) is 106 cm³/mol. The van der Waals surface area contributed by atoms with Gasteiger partial charge in [0.1, 0.15) is 5.75 Å². The van der Waals surface area contributed by atoms with Gasteiger partial charge in [-0.15, -0.1) is 0 Å². The first-order valence-electron chi connectivity index (χ1n) is 8.76. The van der Waals surface area contributed by atoms with E-state index in [9.17, 15) is 20.0 Å². The number of thioether (sulfide) groups is 1. The molecule has 0 bridgehead atoms. The molecule has 0 saturated heterocycles. The van der Waals surface area contributed by atoms with E-state index in [1.807, 2.05) is 0 Å². The molecule has 0 spiro atoms. The number of non-ortho nitro benzene ring substituents is 1. The Labute approximate surface area is 175 Å². The van der Waals surface area contributed by atoms with Gasteiger partial charge in [0.05, 0.1) is 22.6 Å². The summed E-state index contributed by atoms with van der Waals surface area (Å²) < 4.78 is 11.2. The van der Waals surface area contributed by atoms with Crippen LogP contribution in [0.25, 0.3) is 5.69 Å². The molecule has 0 saturated carbocycles. The molecule has 0 aliphatic carbocycles. The monoisotopic (exact) mass is 430 g/mol. The number of ether oxygens (including phenoxy) is 1. The molecular formula is C19H18N4O6S. The Kier molecular flexibility index (Phi) is 6.21. The number of aromatic nitrogens is 2. The Morgan fingerprint density at radius 2 is 2.00 bits per heavy atom. The van der Waals surface area contributed by atoms with Crippen molar-refractivity contribution >= 4 is 29.0 Å². The van der Waals surface area contributed by atoms with Crippen LogP contribution in [0.15, 0.2) is 52.0 Å². The highest BCUT2D eigenvalue weighted by Gasteiger charge is 2.27. The highest BCUT2D eigenvalue weighted by molar-refractivity contribution is 8.00. The smallest absolute Gasteiger partial charge is 0.298 e. The van der Waals surface area contributed by atoms with Gasteiger partial charge < -0.3 is 19.7 Å². The highest BCUT2D eigenvalue weighted by Crippen LogP contribution is 2.29. The number of nitrogens with one attached hydrogen (secondary N) is 1. The molecule has 30 heavy (non-hydrogen) atoms. The number of amides is 1. The lowest BCUT2D eigenvalue weighted by molar-refractivity contribution is -0.705. The van der Waals surface area contributed by atoms with Crippen molar-refractivity contribution in [3.05, 3.63) is 58.1 Å². The molecule has 3 aromatic rings. The number of methoxy groups -OCH3 is 1. The summed E-state index contributed by atoms with van der Waals surface area (Å²) in [7, 11) is 1.54. The van der Waals surface area contributed by atoms with E-state index < -0.39 is 16.1 Å². The number of benzene rings is 2. The van der Waals surface area contributed by atoms with Gasteiger partial charge in [-0.05, 0) is 54.1 Å². The third-order valence-electron chi connectivity index (χ3n) is 4.23. The van der Waals surface area contributed by atoms with Gasteiger partial charge in [0.2, 0.25) is 11.6 Å². The molecule has 1 aromatic heterocycles. The summed E-state index contributed by atoms with van der Waals surface area (Å²) in [5.74, 6) is -0.397. The molecule has 0 aliphatic rings. The maximum Gasteiger partial charge on any atom is 0.298 e. The molecule has 3 rings (SSSR count). The number of carbonyl (C=O) groups excluding carboxylic acids is 1. The quantitative estimate of drug-likeness (QED) is 0.261. The van der Waals surface area contributed by atoms with Crippen LogP contribution in [0.4, 0.5) is 11.4 Å². The molecule has 1 heterocycles. The van der Waals surface area contributed by atoms with Crippen LogP contribution >= 0.6 is 11.8 Å². The van der Waals surface area contributed by atoms with Crippen molar-refractivity contribution in [2.45, 2.75) is 24.1 Å². The fourth-order valence-electron chi connectivity index (χ4n) is 2.58.